The number of urea groups is 1. The predicted octanol–water partition coefficient (Wildman–Crippen LogP) is -0.614. The highest BCUT2D eigenvalue weighted by Crippen LogP contribution is 2.06. The number of carbonyl (C=O) groups is 3. The van der Waals surface area contributed by atoms with Gasteiger partial charge in [-0.05, 0) is 6.92 Å². The number of alkyl carbamates (subject to hydrolysis) is 2. The lowest BCUT2D eigenvalue weighted by Gasteiger charge is -2.29. The van der Waals surface area contributed by atoms with Gasteiger partial charge in [0, 0.05) is 21.1 Å². The van der Waals surface area contributed by atoms with Gasteiger partial charge in [0.1, 0.15) is 18.8 Å². The van der Waals surface area contributed by atoms with Gasteiger partial charge in [-0.15, -0.1) is 0 Å². The molecule has 9 heteroatoms. The van der Waals surface area contributed by atoms with E-state index >= 15 is 0 Å². The lowest BCUT2D eigenvalue weighted by atomic mass is 10.1. The minimum atomic E-state index is -1.04. The molecule has 4 amide bonds. The van der Waals surface area contributed by atoms with Gasteiger partial charge in [-0.1, -0.05) is 0 Å². The maximum atomic E-state index is 11.3. The summed E-state index contributed by atoms with van der Waals surface area (Å²) in [5.74, 6) is 0. The zero-order chi connectivity index (χ0) is 14.9. The summed E-state index contributed by atoms with van der Waals surface area (Å²) in [7, 11) is 4.26. The van der Waals surface area contributed by atoms with E-state index < -0.39 is 23.8 Å². The van der Waals surface area contributed by atoms with Crippen molar-refractivity contribution < 1.29 is 23.9 Å². The number of carbonyl (C=O) groups excluding carboxylic acids is 3. The number of hydrogen-bond acceptors (Lipinski definition) is 5. The standard InChI is InChI=1S/C10H20N4O5/c1-10(14-7(15)11-2,5-18-8(16)12-3)6-19-9(17)13-4/h5-6H2,1-4H3,(H,12,16)(H,13,17)(H2,11,14,15). The number of hydrogen-bond donors (Lipinski definition) is 4. The third kappa shape index (κ3) is 6.96. The Balaban J connectivity index is 4.56. The second kappa shape index (κ2) is 8.01. The zero-order valence-electron chi connectivity index (χ0n) is 11.5. The number of amides is 4. The number of nitrogens with one attached hydrogen (secondary N) is 4. The van der Waals surface area contributed by atoms with Crippen LogP contribution in [0.2, 0.25) is 0 Å². The van der Waals surface area contributed by atoms with Gasteiger partial charge in [0.2, 0.25) is 0 Å². The second-order valence-corrected chi connectivity index (χ2v) is 3.92. The average molecular weight is 276 g/mol. The lowest BCUT2D eigenvalue weighted by Crippen LogP contribution is -2.56. The smallest absolute Gasteiger partial charge is 0.406 e. The topological polar surface area (TPSA) is 118 Å². The van der Waals surface area contributed by atoms with Crippen LogP contribution in [0.25, 0.3) is 0 Å². The van der Waals surface area contributed by atoms with E-state index in [1.54, 1.807) is 6.92 Å². The summed E-state index contributed by atoms with van der Waals surface area (Å²) in [6, 6.07) is -0.483. The van der Waals surface area contributed by atoms with Gasteiger partial charge >= 0.3 is 18.2 Å². The van der Waals surface area contributed by atoms with Gasteiger partial charge in [-0.3, -0.25) is 0 Å². The molecule has 19 heavy (non-hydrogen) atoms. The fourth-order valence-electron chi connectivity index (χ4n) is 1.04. The molecule has 0 saturated heterocycles. The fraction of sp³-hybridized carbons (Fsp3) is 0.700. The van der Waals surface area contributed by atoms with Crippen molar-refractivity contribution in [3.63, 3.8) is 0 Å². The first-order valence-electron chi connectivity index (χ1n) is 5.56. The van der Waals surface area contributed by atoms with Crippen molar-refractivity contribution in [1.29, 1.82) is 0 Å². The monoisotopic (exact) mass is 276 g/mol. The Hall–Kier alpha value is -2.19. The molecule has 0 heterocycles. The van der Waals surface area contributed by atoms with Gasteiger partial charge in [-0.2, -0.15) is 0 Å². The summed E-state index contributed by atoms with van der Waals surface area (Å²) < 4.78 is 9.73. The maximum Gasteiger partial charge on any atom is 0.406 e. The quantitative estimate of drug-likeness (QED) is 0.534. The summed E-state index contributed by atoms with van der Waals surface area (Å²) in [5.41, 5.74) is -1.04. The van der Waals surface area contributed by atoms with Gasteiger partial charge in [0.05, 0.1) is 0 Å². The number of ether oxygens (including phenoxy) is 2. The van der Waals surface area contributed by atoms with Gasteiger partial charge in [0.25, 0.3) is 0 Å². The fourth-order valence-corrected chi connectivity index (χ4v) is 1.04. The van der Waals surface area contributed by atoms with Crippen LogP contribution in [0.1, 0.15) is 6.92 Å². The van der Waals surface area contributed by atoms with Gasteiger partial charge < -0.3 is 30.7 Å². The van der Waals surface area contributed by atoms with Crippen molar-refractivity contribution in [1.82, 2.24) is 21.3 Å². The molecular formula is C10H20N4O5. The van der Waals surface area contributed by atoms with E-state index in [4.69, 9.17) is 9.47 Å². The molecule has 0 aromatic carbocycles. The van der Waals surface area contributed by atoms with Crippen molar-refractivity contribution in [2.24, 2.45) is 0 Å². The van der Waals surface area contributed by atoms with Crippen LogP contribution in [-0.2, 0) is 9.47 Å². The van der Waals surface area contributed by atoms with E-state index in [1.807, 2.05) is 0 Å². The second-order valence-electron chi connectivity index (χ2n) is 3.92. The van der Waals surface area contributed by atoms with Crippen LogP contribution < -0.4 is 21.3 Å². The summed E-state index contributed by atoms with van der Waals surface area (Å²) in [5, 5.41) is 9.45. The van der Waals surface area contributed by atoms with Crippen LogP contribution in [0, 0.1) is 0 Å². The van der Waals surface area contributed by atoms with Crippen LogP contribution in [-0.4, -0.2) is 58.1 Å². The van der Waals surface area contributed by atoms with Gasteiger partial charge in [0.15, 0.2) is 0 Å². The van der Waals surface area contributed by atoms with Crippen molar-refractivity contribution in [3.05, 3.63) is 0 Å². The summed E-state index contributed by atoms with van der Waals surface area (Å²) in [4.78, 5) is 33.4. The minimum absolute atomic E-state index is 0.156. The molecule has 0 aliphatic carbocycles. The molecule has 0 aromatic rings. The molecule has 0 saturated carbocycles. The highest BCUT2D eigenvalue weighted by molar-refractivity contribution is 5.74. The van der Waals surface area contributed by atoms with E-state index in [1.165, 1.54) is 21.1 Å². The normalized spacial score (nSPS) is 10.1. The Morgan fingerprint density at radius 2 is 1.32 bits per heavy atom. The van der Waals surface area contributed by atoms with Crippen molar-refractivity contribution >= 4 is 18.2 Å². The van der Waals surface area contributed by atoms with Crippen LogP contribution in [0.4, 0.5) is 14.4 Å². The molecule has 0 unspecified atom stereocenters. The molecule has 0 aliphatic rings. The highest BCUT2D eigenvalue weighted by Gasteiger charge is 2.30. The summed E-state index contributed by atoms with van der Waals surface area (Å²) in [6.45, 7) is 1.27. The molecule has 0 radical (unpaired) electrons. The SMILES string of the molecule is CNC(=O)NC(C)(COC(=O)NC)COC(=O)NC. The van der Waals surface area contributed by atoms with E-state index in [2.05, 4.69) is 21.3 Å². The number of rotatable bonds is 5. The molecule has 0 atom stereocenters. The van der Waals surface area contributed by atoms with E-state index in [0.717, 1.165) is 0 Å². The average Bonchev–Trinajstić information content (AvgIpc) is 2.42. The van der Waals surface area contributed by atoms with Crippen molar-refractivity contribution in [2.45, 2.75) is 12.5 Å². The lowest BCUT2D eigenvalue weighted by molar-refractivity contribution is 0.0660. The summed E-state index contributed by atoms with van der Waals surface area (Å²) in [6.07, 6.45) is -1.30. The molecule has 0 bridgehead atoms. The molecule has 0 aliphatic heterocycles. The largest absolute Gasteiger partial charge is 0.447 e. The molecule has 4 N–H and O–H groups in total. The first kappa shape index (κ1) is 16.8. The molecule has 0 aromatic heterocycles. The van der Waals surface area contributed by atoms with E-state index in [0.29, 0.717) is 0 Å². The first-order chi connectivity index (χ1) is 8.86. The Morgan fingerprint density at radius 1 is 0.895 bits per heavy atom. The van der Waals surface area contributed by atoms with Crippen LogP contribution in [0.3, 0.4) is 0 Å². The molecule has 0 fully saturated rings. The summed E-state index contributed by atoms with van der Waals surface area (Å²) >= 11 is 0. The third-order valence-electron chi connectivity index (χ3n) is 2.09. The molecule has 0 spiro atoms. The third-order valence-corrected chi connectivity index (χ3v) is 2.09. The van der Waals surface area contributed by atoms with Crippen LogP contribution in [0.5, 0.6) is 0 Å². The first-order valence-corrected chi connectivity index (χ1v) is 5.56. The molecule has 0 rings (SSSR count). The highest BCUT2D eigenvalue weighted by atomic mass is 16.6. The van der Waals surface area contributed by atoms with Crippen molar-refractivity contribution in [2.75, 3.05) is 34.4 Å². The Bertz CT molecular complexity index is 314. The van der Waals surface area contributed by atoms with Crippen LogP contribution >= 0.6 is 0 Å². The Morgan fingerprint density at radius 3 is 1.63 bits per heavy atom. The molecule has 110 valence electrons. The Kier molecular flexibility index (Phi) is 7.08. The molecule has 9 nitrogen and oxygen atoms in total. The molecular weight excluding hydrogens is 256 g/mol. The van der Waals surface area contributed by atoms with Crippen molar-refractivity contribution in [3.8, 4) is 0 Å². The van der Waals surface area contributed by atoms with Gasteiger partial charge in [-0.25, -0.2) is 14.4 Å². The Labute approximate surface area is 111 Å². The van der Waals surface area contributed by atoms with E-state index in [-0.39, 0.29) is 13.2 Å². The maximum absolute atomic E-state index is 11.3. The van der Waals surface area contributed by atoms with E-state index in [9.17, 15) is 14.4 Å². The predicted molar refractivity (Wildman–Crippen MR) is 66.8 cm³/mol. The van der Waals surface area contributed by atoms with Crippen LogP contribution in [0.15, 0.2) is 0 Å². The zero-order valence-corrected chi connectivity index (χ0v) is 11.5. The minimum Gasteiger partial charge on any atom is -0.447 e.